The number of ether oxygens (including phenoxy) is 1. The van der Waals surface area contributed by atoms with Gasteiger partial charge in [-0.1, -0.05) is 6.42 Å². The van der Waals surface area contributed by atoms with E-state index in [0.717, 1.165) is 38.8 Å². The minimum Gasteiger partial charge on any atom is -0.376 e. The Balaban J connectivity index is 1.65. The van der Waals surface area contributed by atoms with Crippen molar-refractivity contribution in [2.45, 2.75) is 50.7 Å². The van der Waals surface area contributed by atoms with E-state index < -0.39 is 0 Å². The van der Waals surface area contributed by atoms with Crippen LogP contribution in [0.5, 0.6) is 0 Å². The van der Waals surface area contributed by atoms with Crippen LogP contribution in [0.1, 0.15) is 38.5 Å². The summed E-state index contributed by atoms with van der Waals surface area (Å²) in [7, 11) is 0. The summed E-state index contributed by atoms with van der Waals surface area (Å²) in [4.78, 5) is 11.8. The minimum absolute atomic E-state index is 0.0253. The molecule has 2 heterocycles. The SMILES string of the molecule is O=C(NCC1CCCCO1)C1CCCCN1. The molecule has 2 rings (SSSR count). The maximum Gasteiger partial charge on any atom is 0.237 e. The van der Waals surface area contributed by atoms with Gasteiger partial charge in [-0.15, -0.1) is 0 Å². The monoisotopic (exact) mass is 226 g/mol. The van der Waals surface area contributed by atoms with E-state index in [4.69, 9.17) is 4.74 Å². The molecule has 1 amide bonds. The van der Waals surface area contributed by atoms with Crippen LogP contribution in [-0.2, 0) is 9.53 Å². The van der Waals surface area contributed by atoms with Gasteiger partial charge < -0.3 is 15.4 Å². The fraction of sp³-hybridized carbons (Fsp3) is 0.917. The van der Waals surface area contributed by atoms with Crippen LogP contribution in [0.15, 0.2) is 0 Å². The molecule has 2 saturated heterocycles. The fourth-order valence-electron chi connectivity index (χ4n) is 2.38. The van der Waals surface area contributed by atoms with Gasteiger partial charge in [0.1, 0.15) is 0 Å². The first kappa shape index (κ1) is 11.9. The number of hydrogen-bond acceptors (Lipinski definition) is 3. The Kier molecular flexibility index (Phi) is 4.60. The number of carbonyl (C=O) groups excluding carboxylic acids is 1. The Morgan fingerprint density at radius 2 is 2.12 bits per heavy atom. The van der Waals surface area contributed by atoms with E-state index in [1.807, 2.05) is 0 Å². The van der Waals surface area contributed by atoms with Gasteiger partial charge in [-0.2, -0.15) is 0 Å². The van der Waals surface area contributed by atoms with Crippen LogP contribution in [-0.4, -0.2) is 37.7 Å². The number of amides is 1. The Hall–Kier alpha value is -0.610. The van der Waals surface area contributed by atoms with Crippen molar-refractivity contribution in [3.8, 4) is 0 Å². The molecule has 0 bridgehead atoms. The Bertz CT molecular complexity index is 221. The molecule has 2 atom stereocenters. The van der Waals surface area contributed by atoms with Crippen molar-refractivity contribution in [3.05, 3.63) is 0 Å². The van der Waals surface area contributed by atoms with Crippen molar-refractivity contribution >= 4 is 5.91 Å². The molecule has 0 aliphatic carbocycles. The first-order valence-electron chi connectivity index (χ1n) is 6.49. The zero-order chi connectivity index (χ0) is 11.2. The van der Waals surface area contributed by atoms with E-state index in [0.29, 0.717) is 6.54 Å². The third-order valence-corrected chi connectivity index (χ3v) is 3.40. The van der Waals surface area contributed by atoms with E-state index in [2.05, 4.69) is 10.6 Å². The highest BCUT2D eigenvalue weighted by atomic mass is 16.5. The van der Waals surface area contributed by atoms with Crippen molar-refractivity contribution in [1.82, 2.24) is 10.6 Å². The highest BCUT2D eigenvalue weighted by Crippen LogP contribution is 2.12. The molecule has 16 heavy (non-hydrogen) atoms. The molecule has 2 N–H and O–H groups in total. The first-order valence-corrected chi connectivity index (χ1v) is 6.49. The second-order valence-electron chi connectivity index (χ2n) is 4.74. The standard InChI is InChI=1S/C12H22N2O2/c15-12(11-6-1-3-7-13-11)14-9-10-5-2-4-8-16-10/h10-11,13H,1-9H2,(H,14,15). The average Bonchev–Trinajstić information content (AvgIpc) is 2.38. The third-order valence-electron chi connectivity index (χ3n) is 3.40. The highest BCUT2D eigenvalue weighted by molar-refractivity contribution is 5.81. The van der Waals surface area contributed by atoms with Gasteiger partial charge in [0.05, 0.1) is 12.1 Å². The molecule has 0 saturated carbocycles. The van der Waals surface area contributed by atoms with Gasteiger partial charge in [-0.25, -0.2) is 0 Å². The van der Waals surface area contributed by atoms with Crippen LogP contribution < -0.4 is 10.6 Å². The van der Waals surface area contributed by atoms with Crippen LogP contribution in [0.25, 0.3) is 0 Å². The lowest BCUT2D eigenvalue weighted by molar-refractivity contribution is -0.124. The minimum atomic E-state index is 0.0253. The summed E-state index contributed by atoms with van der Waals surface area (Å²) in [6.07, 6.45) is 7.02. The molecule has 0 aromatic heterocycles. The summed E-state index contributed by atoms with van der Waals surface area (Å²) in [6, 6.07) is 0.0253. The van der Waals surface area contributed by atoms with Gasteiger partial charge >= 0.3 is 0 Å². The maximum absolute atomic E-state index is 11.8. The summed E-state index contributed by atoms with van der Waals surface area (Å²) in [5.74, 6) is 0.147. The average molecular weight is 226 g/mol. The quantitative estimate of drug-likeness (QED) is 0.749. The summed E-state index contributed by atoms with van der Waals surface area (Å²) >= 11 is 0. The van der Waals surface area contributed by atoms with Crippen molar-refractivity contribution in [3.63, 3.8) is 0 Å². The lowest BCUT2D eigenvalue weighted by Crippen LogP contribution is -2.48. The lowest BCUT2D eigenvalue weighted by atomic mass is 10.0. The van der Waals surface area contributed by atoms with Gasteiger partial charge in [0.15, 0.2) is 0 Å². The van der Waals surface area contributed by atoms with Gasteiger partial charge in [-0.05, 0) is 38.6 Å². The molecule has 0 aromatic rings. The number of hydrogen-bond donors (Lipinski definition) is 2. The Morgan fingerprint density at radius 3 is 2.81 bits per heavy atom. The maximum atomic E-state index is 11.8. The van der Waals surface area contributed by atoms with Gasteiger partial charge in [-0.3, -0.25) is 4.79 Å². The number of nitrogens with one attached hydrogen (secondary N) is 2. The number of carbonyl (C=O) groups is 1. The molecular formula is C12H22N2O2. The molecular weight excluding hydrogens is 204 g/mol. The molecule has 4 heteroatoms. The molecule has 2 fully saturated rings. The largest absolute Gasteiger partial charge is 0.376 e. The van der Waals surface area contributed by atoms with Crippen LogP contribution in [0.2, 0.25) is 0 Å². The van der Waals surface area contributed by atoms with Gasteiger partial charge in [0.2, 0.25) is 5.91 Å². The fourth-order valence-corrected chi connectivity index (χ4v) is 2.38. The molecule has 2 aliphatic heterocycles. The zero-order valence-electron chi connectivity index (χ0n) is 9.84. The van der Waals surface area contributed by atoms with Crippen LogP contribution in [0.4, 0.5) is 0 Å². The topological polar surface area (TPSA) is 50.4 Å². The van der Waals surface area contributed by atoms with Crippen LogP contribution >= 0.6 is 0 Å². The smallest absolute Gasteiger partial charge is 0.237 e. The Morgan fingerprint density at radius 1 is 1.25 bits per heavy atom. The normalized spacial score (nSPS) is 31.0. The number of rotatable bonds is 3. The third kappa shape index (κ3) is 3.46. The Labute approximate surface area is 97.1 Å². The molecule has 0 spiro atoms. The van der Waals surface area contributed by atoms with Crippen molar-refractivity contribution in [2.75, 3.05) is 19.7 Å². The van der Waals surface area contributed by atoms with Crippen molar-refractivity contribution in [1.29, 1.82) is 0 Å². The molecule has 0 radical (unpaired) electrons. The van der Waals surface area contributed by atoms with Crippen LogP contribution in [0, 0.1) is 0 Å². The van der Waals surface area contributed by atoms with E-state index in [9.17, 15) is 4.79 Å². The second kappa shape index (κ2) is 6.21. The van der Waals surface area contributed by atoms with Gasteiger partial charge in [0.25, 0.3) is 0 Å². The molecule has 4 nitrogen and oxygen atoms in total. The first-order chi connectivity index (χ1) is 7.86. The summed E-state index contributed by atoms with van der Waals surface area (Å²) in [5, 5.41) is 6.25. The second-order valence-corrected chi connectivity index (χ2v) is 4.74. The molecule has 2 unspecified atom stereocenters. The van der Waals surface area contributed by atoms with Gasteiger partial charge in [0, 0.05) is 13.2 Å². The zero-order valence-corrected chi connectivity index (χ0v) is 9.84. The highest BCUT2D eigenvalue weighted by Gasteiger charge is 2.21. The number of piperidine rings is 1. The van der Waals surface area contributed by atoms with E-state index >= 15 is 0 Å². The van der Waals surface area contributed by atoms with E-state index in [1.54, 1.807) is 0 Å². The van der Waals surface area contributed by atoms with Crippen molar-refractivity contribution in [2.24, 2.45) is 0 Å². The van der Waals surface area contributed by atoms with E-state index in [-0.39, 0.29) is 18.1 Å². The summed E-state index contributed by atoms with van der Waals surface area (Å²) in [5.41, 5.74) is 0. The summed E-state index contributed by atoms with van der Waals surface area (Å²) < 4.78 is 5.58. The van der Waals surface area contributed by atoms with E-state index in [1.165, 1.54) is 12.8 Å². The molecule has 0 aromatic carbocycles. The summed E-state index contributed by atoms with van der Waals surface area (Å²) in [6.45, 7) is 2.50. The lowest BCUT2D eigenvalue weighted by Gasteiger charge is -2.26. The predicted octanol–water partition coefficient (Wildman–Crippen LogP) is 0.814. The predicted molar refractivity (Wildman–Crippen MR) is 62.2 cm³/mol. The molecule has 2 aliphatic rings. The molecule has 92 valence electrons. The van der Waals surface area contributed by atoms with Crippen LogP contribution in [0.3, 0.4) is 0 Å². The van der Waals surface area contributed by atoms with Crippen molar-refractivity contribution < 1.29 is 9.53 Å².